The van der Waals surface area contributed by atoms with Gasteiger partial charge in [-0.05, 0) is 31.0 Å². The van der Waals surface area contributed by atoms with E-state index in [0.29, 0.717) is 17.1 Å². The highest BCUT2D eigenvalue weighted by molar-refractivity contribution is 5.96. The van der Waals surface area contributed by atoms with Gasteiger partial charge in [0.2, 0.25) is 0 Å². The lowest BCUT2D eigenvalue weighted by molar-refractivity contribution is 0.0934. The predicted molar refractivity (Wildman–Crippen MR) is 106 cm³/mol. The molecule has 2 aromatic carbocycles. The first-order valence-corrected chi connectivity index (χ1v) is 8.89. The summed E-state index contributed by atoms with van der Waals surface area (Å²) in [5.74, 6) is 1.04. The minimum Gasteiger partial charge on any atom is -0.493 e. The molecule has 2 aromatic rings. The fourth-order valence-electron chi connectivity index (χ4n) is 2.97. The molecule has 2 rings (SSSR count). The number of allylic oxidation sites excluding steroid dienone is 1. The summed E-state index contributed by atoms with van der Waals surface area (Å²) in [6.07, 6.45) is 5.67. The summed E-state index contributed by atoms with van der Waals surface area (Å²) in [5, 5.41) is 3.15. The maximum atomic E-state index is 12.9. The van der Waals surface area contributed by atoms with E-state index in [-0.39, 0.29) is 11.9 Å². The van der Waals surface area contributed by atoms with Gasteiger partial charge in [-0.25, -0.2) is 0 Å². The lowest BCUT2D eigenvalue weighted by Crippen LogP contribution is -2.28. The van der Waals surface area contributed by atoms with Gasteiger partial charge in [0.25, 0.3) is 5.91 Å². The van der Waals surface area contributed by atoms with Crippen molar-refractivity contribution >= 4 is 12.0 Å². The smallest absolute Gasteiger partial charge is 0.251 e. The average molecular weight is 353 g/mol. The van der Waals surface area contributed by atoms with Crippen LogP contribution in [-0.4, -0.2) is 20.1 Å². The zero-order valence-electron chi connectivity index (χ0n) is 15.9. The molecule has 4 heteroatoms. The van der Waals surface area contributed by atoms with Crippen LogP contribution in [0, 0.1) is 0 Å². The molecular weight excluding hydrogens is 326 g/mol. The van der Waals surface area contributed by atoms with Crippen LogP contribution < -0.4 is 14.8 Å². The lowest BCUT2D eigenvalue weighted by Gasteiger charge is -2.20. The van der Waals surface area contributed by atoms with Gasteiger partial charge >= 0.3 is 0 Å². The zero-order chi connectivity index (χ0) is 18.9. The summed E-state index contributed by atoms with van der Waals surface area (Å²) < 4.78 is 10.8. The monoisotopic (exact) mass is 353 g/mol. The Morgan fingerprint density at radius 3 is 2.46 bits per heavy atom. The summed E-state index contributed by atoms with van der Waals surface area (Å²) in [4.78, 5) is 12.9. The molecule has 26 heavy (non-hydrogen) atoms. The number of ether oxygens (including phenoxy) is 2. The molecule has 138 valence electrons. The van der Waals surface area contributed by atoms with Crippen LogP contribution >= 0.6 is 0 Å². The maximum Gasteiger partial charge on any atom is 0.251 e. The summed E-state index contributed by atoms with van der Waals surface area (Å²) in [6, 6.07) is 13.6. The molecule has 0 fully saturated rings. The van der Waals surface area contributed by atoms with E-state index in [1.807, 2.05) is 55.5 Å². The number of carbonyl (C=O) groups is 1. The fourth-order valence-corrected chi connectivity index (χ4v) is 2.97. The van der Waals surface area contributed by atoms with Crippen molar-refractivity contribution in [1.82, 2.24) is 5.32 Å². The number of carbonyl (C=O) groups excluding carboxylic acids is 1. The molecule has 1 unspecified atom stereocenters. The van der Waals surface area contributed by atoms with Crippen LogP contribution in [0.15, 0.2) is 48.5 Å². The van der Waals surface area contributed by atoms with Crippen molar-refractivity contribution in [3.8, 4) is 11.5 Å². The Balaban J connectivity index is 2.34. The molecule has 0 spiro atoms. The highest BCUT2D eigenvalue weighted by atomic mass is 16.5. The summed E-state index contributed by atoms with van der Waals surface area (Å²) in [5.41, 5.74) is 2.47. The largest absolute Gasteiger partial charge is 0.493 e. The van der Waals surface area contributed by atoms with Gasteiger partial charge in [0.15, 0.2) is 11.5 Å². The van der Waals surface area contributed by atoms with Crippen molar-refractivity contribution in [2.45, 2.75) is 32.7 Å². The number of amides is 1. The van der Waals surface area contributed by atoms with E-state index in [0.717, 1.165) is 24.0 Å². The van der Waals surface area contributed by atoms with Crippen molar-refractivity contribution in [2.24, 2.45) is 0 Å². The Labute approximate surface area is 155 Å². The van der Waals surface area contributed by atoms with Crippen LogP contribution in [-0.2, 0) is 0 Å². The highest BCUT2D eigenvalue weighted by Crippen LogP contribution is 2.34. The highest BCUT2D eigenvalue weighted by Gasteiger charge is 2.18. The van der Waals surface area contributed by atoms with Crippen LogP contribution in [0.25, 0.3) is 6.08 Å². The summed E-state index contributed by atoms with van der Waals surface area (Å²) >= 11 is 0. The molecule has 0 aliphatic rings. The molecule has 0 heterocycles. The predicted octanol–water partition coefficient (Wildman–Crippen LogP) is 5.01. The fraction of sp³-hybridized carbons (Fsp3) is 0.318. The lowest BCUT2D eigenvalue weighted by atomic mass is 10.0. The van der Waals surface area contributed by atoms with E-state index >= 15 is 0 Å². The molecular formula is C22H27NO3. The molecule has 0 bridgehead atoms. The van der Waals surface area contributed by atoms with Gasteiger partial charge in [0, 0.05) is 11.1 Å². The molecule has 0 aromatic heterocycles. The third kappa shape index (κ3) is 4.66. The van der Waals surface area contributed by atoms with E-state index < -0.39 is 0 Å². The van der Waals surface area contributed by atoms with Gasteiger partial charge in [-0.1, -0.05) is 55.8 Å². The maximum absolute atomic E-state index is 12.9. The molecule has 1 amide bonds. The number of hydrogen-bond donors (Lipinski definition) is 1. The van der Waals surface area contributed by atoms with Crippen LogP contribution in [0.3, 0.4) is 0 Å². The minimum atomic E-state index is -0.126. The van der Waals surface area contributed by atoms with E-state index in [9.17, 15) is 4.79 Å². The molecule has 0 saturated heterocycles. The number of methoxy groups -OCH3 is 2. The Morgan fingerprint density at radius 1 is 1.15 bits per heavy atom. The first kappa shape index (κ1) is 19.6. The summed E-state index contributed by atoms with van der Waals surface area (Å²) in [7, 11) is 3.17. The van der Waals surface area contributed by atoms with Crippen molar-refractivity contribution in [2.75, 3.05) is 14.2 Å². The van der Waals surface area contributed by atoms with E-state index in [1.54, 1.807) is 20.3 Å². The van der Waals surface area contributed by atoms with E-state index in [1.165, 1.54) is 0 Å². The number of hydrogen-bond acceptors (Lipinski definition) is 3. The molecule has 0 aliphatic heterocycles. The third-order valence-corrected chi connectivity index (χ3v) is 4.20. The Kier molecular flexibility index (Phi) is 7.27. The SMILES string of the molecule is C/C=C/c1cc(C(=O)NC(CCC)c2ccccc2)cc(OC)c1OC. The van der Waals surface area contributed by atoms with E-state index in [4.69, 9.17) is 9.47 Å². The van der Waals surface area contributed by atoms with Crippen molar-refractivity contribution in [1.29, 1.82) is 0 Å². The molecule has 0 aliphatic carbocycles. The number of rotatable bonds is 8. The first-order chi connectivity index (χ1) is 12.6. The Bertz CT molecular complexity index is 753. The normalized spacial score (nSPS) is 12.0. The van der Waals surface area contributed by atoms with Gasteiger partial charge in [-0.3, -0.25) is 4.79 Å². The zero-order valence-corrected chi connectivity index (χ0v) is 15.9. The molecule has 1 atom stereocenters. The summed E-state index contributed by atoms with van der Waals surface area (Å²) in [6.45, 7) is 4.04. The Hall–Kier alpha value is -2.75. The van der Waals surface area contributed by atoms with Gasteiger partial charge in [-0.15, -0.1) is 0 Å². The second-order valence-electron chi connectivity index (χ2n) is 6.03. The van der Waals surface area contributed by atoms with E-state index in [2.05, 4.69) is 12.2 Å². The topological polar surface area (TPSA) is 47.6 Å². The van der Waals surface area contributed by atoms with Crippen LogP contribution in [0.5, 0.6) is 11.5 Å². The van der Waals surface area contributed by atoms with Gasteiger partial charge in [0.1, 0.15) is 0 Å². The quantitative estimate of drug-likeness (QED) is 0.726. The first-order valence-electron chi connectivity index (χ1n) is 8.89. The molecule has 0 saturated carbocycles. The second kappa shape index (κ2) is 9.66. The van der Waals surface area contributed by atoms with Crippen LogP contribution in [0.4, 0.5) is 0 Å². The van der Waals surface area contributed by atoms with Crippen LogP contribution in [0.1, 0.15) is 54.2 Å². The van der Waals surface area contributed by atoms with Crippen LogP contribution in [0.2, 0.25) is 0 Å². The number of nitrogens with one attached hydrogen (secondary N) is 1. The van der Waals surface area contributed by atoms with Gasteiger partial charge in [-0.2, -0.15) is 0 Å². The van der Waals surface area contributed by atoms with Crippen molar-refractivity contribution in [3.63, 3.8) is 0 Å². The standard InChI is InChI=1S/C22H27NO3/c1-5-10-17-14-18(15-20(25-3)21(17)26-4)22(24)23-19(11-6-2)16-12-8-7-9-13-16/h5,7-10,12-15,19H,6,11H2,1-4H3,(H,23,24)/b10-5+. The average Bonchev–Trinajstić information content (AvgIpc) is 2.67. The molecule has 4 nitrogen and oxygen atoms in total. The van der Waals surface area contributed by atoms with Gasteiger partial charge < -0.3 is 14.8 Å². The van der Waals surface area contributed by atoms with Crippen molar-refractivity contribution < 1.29 is 14.3 Å². The second-order valence-corrected chi connectivity index (χ2v) is 6.03. The minimum absolute atomic E-state index is 0.0213. The van der Waals surface area contributed by atoms with Gasteiger partial charge in [0.05, 0.1) is 20.3 Å². The Morgan fingerprint density at radius 2 is 1.88 bits per heavy atom. The third-order valence-electron chi connectivity index (χ3n) is 4.20. The van der Waals surface area contributed by atoms with Crippen molar-refractivity contribution in [3.05, 3.63) is 65.2 Å². The molecule has 1 N–H and O–H groups in total. The molecule has 0 radical (unpaired) electrons. The number of benzene rings is 2.